The van der Waals surface area contributed by atoms with Crippen LogP contribution >= 0.6 is 11.8 Å². The number of hydrogen-bond donors (Lipinski definition) is 2. The molecular formula is C22H23N5O2S2. The number of nitrogens with zero attached hydrogens (tertiary/aromatic N) is 3. The predicted octanol–water partition coefficient (Wildman–Crippen LogP) is 4.65. The lowest BCUT2D eigenvalue weighted by molar-refractivity contribution is 0.601. The fourth-order valence-electron chi connectivity index (χ4n) is 2.62. The fraction of sp³-hybridized carbons (Fsp3) is 0.227. The van der Waals surface area contributed by atoms with E-state index in [0.717, 1.165) is 12.0 Å². The number of hydrogen-bond acceptors (Lipinski definition) is 7. The molecule has 0 aliphatic heterocycles. The number of rotatable bonds is 9. The average Bonchev–Trinajstić information content (AvgIpc) is 2.78. The van der Waals surface area contributed by atoms with Crippen molar-refractivity contribution >= 4 is 33.4 Å². The first-order valence-electron chi connectivity index (χ1n) is 9.75. The van der Waals surface area contributed by atoms with Gasteiger partial charge in [-0.15, -0.1) is 0 Å². The van der Waals surface area contributed by atoms with Crippen molar-refractivity contribution in [1.29, 1.82) is 5.26 Å². The summed E-state index contributed by atoms with van der Waals surface area (Å²) in [5.74, 6) is 1.37. The molecule has 31 heavy (non-hydrogen) atoms. The first-order valence-corrected chi connectivity index (χ1v) is 12.2. The quantitative estimate of drug-likeness (QED) is 0.358. The Bertz CT molecular complexity index is 1180. The molecule has 0 saturated heterocycles. The van der Waals surface area contributed by atoms with E-state index in [4.69, 9.17) is 5.26 Å². The Kier molecular flexibility index (Phi) is 7.50. The monoisotopic (exact) mass is 453 g/mol. The zero-order valence-corrected chi connectivity index (χ0v) is 18.9. The maximum Gasteiger partial charge on any atom is 0.263 e. The minimum Gasteiger partial charge on any atom is -0.367 e. The van der Waals surface area contributed by atoms with Gasteiger partial charge in [-0.2, -0.15) is 5.26 Å². The van der Waals surface area contributed by atoms with E-state index < -0.39 is 10.0 Å². The van der Waals surface area contributed by atoms with Crippen molar-refractivity contribution in [2.45, 2.75) is 42.1 Å². The molecular weight excluding hydrogens is 430 g/mol. The second kappa shape index (κ2) is 10.3. The molecule has 0 spiro atoms. The van der Waals surface area contributed by atoms with E-state index in [1.54, 1.807) is 12.1 Å². The smallest absolute Gasteiger partial charge is 0.263 e. The van der Waals surface area contributed by atoms with Gasteiger partial charge in [0.25, 0.3) is 10.0 Å². The fourth-order valence-corrected chi connectivity index (χ4v) is 4.47. The van der Waals surface area contributed by atoms with E-state index in [1.165, 1.54) is 30.0 Å². The highest BCUT2D eigenvalue weighted by molar-refractivity contribution is 7.98. The molecule has 0 unspecified atom stereocenters. The number of nitrogens with one attached hydrogen (secondary N) is 2. The number of sulfonamides is 1. The standard InChI is InChI=1S/C22H23N5O2S2/c1-3-16(2)24-20-13-21(26-22(25-20)30-15-17-8-5-4-6-9-17)27-31(28,29)19-11-7-10-18(12-19)14-23/h4-13,16H,3,15H2,1-2H3,(H2,24,25,26,27)/t16-/m1/s1. The molecule has 9 heteroatoms. The number of nitriles is 1. The van der Waals surface area contributed by atoms with Crippen LogP contribution in [0.5, 0.6) is 0 Å². The van der Waals surface area contributed by atoms with Crippen molar-refractivity contribution in [3.8, 4) is 6.07 Å². The third kappa shape index (κ3) is 6.44. The number of aromatic nitrogens is 2. The lowest BCUT2D eigenvalue weighted by atomic mass is 10.2. The van der Waals surface area contributed by atoms with Crippen LogP contribution in [-0.2, 0) is 15.8 Å². The highest BCUT2D eigenvalue weighted by Gasteiger charge is 2.17. The van der Waals surface area contributed by atoms with Crippen LogP contribution in [0.2, 0.25) is 0 Å². The summed E-state index contributed by atoms with van der Waals surface area (Å²) in [6, 6.07) is 19.4. The minimum atomic E-state index is -3.91. The van der Waals surface area contributed by atoms with Gasteiger partial charge in [0.2, 0.25) is 0 Å². The first-order chi connectivity index (χ1) is 14.9. The molecule has 1 aromatic heterocycles. The van der Waals surface area contributed by atoms with Crippen molar-refractivity contribution in [2.75, 3.05) is 10.0 Å². The molecule has 160 valence electrons. The van der Waals surface area contributed by atoms with Gasteiger partial charge in [0.15, 0.2) is 5.16 Å². The molecule has 0 saturated carbocycles. The summed E-state index contributed by atoms with van der Waals surface area (Å²) >= 11 is 1.42. The molecule has 2 N–H and O–H groups in total. The zero-order chi connectivity index (χ0) is 22.3. The molecule has 0 radical (unpaired) electrons. The van der Waals surface area contributed by atoms with Gasteiger partial charge in [0.1, 0.15) is 11.6 Å². The Hall–Kier alpha value is -3.09. The Morgan fingerprint density at radius 2 is 1.81 bits per heavy atom. The summed E-state index contributed by atoms with van der Waals surface area (Å²) in [4.78, 5) is 8.92. The highest BCUT2D eigenvalue weighted by Crippen LogP contribution is 2.25. The molecule has 0 aliphatic carbocycles. The maximum absolute atomic E-state index is 12.8. The van der Waals surface area contributed by atoms with Crippen LogP contribution in [0, 0.1) is 11.3 Å². The summed E-state index contributed by atoms with van der Waals surface area (Å²) in [6.45, 7) is 4.08. The van der Waals surface area contributed by atoms with Crippen LogP contribution in [0.4, 0.5) is 11.6 Å². The van der Waals surface area contributed by atoms with Gasteiger partial charge >= 0.3 is 0 Å². The molecule has 3 rings (SSSR count). The van der Waals surface area contributed by atoms with Gasteiger partial charge in [0, 0.05) is 17.9 Å². The summed E-state index contributed by atoms with van der Waals surface area (Å²) < 4.78 is 28.2. The van der Waals surface area contributed by atoms with Crippen LogP contribution < -0.4 is 10.0 Å². The molecule has 0 aliphatic rings. The van der Waals surface area contributed by atoms with Crippen molar-refractivity contribution in [1.82, 2.24) is 9.97 Å². The Labute approximate surface area is 187 Å². The van der Waals surface area contributed by atoms with E-state index in [9.17, 15) is 8.42 Å². The highest BCUT2D eigenvalue weighted by atomic mass is 32.2. The van der Waals surface area contributed by atoms with E-state index in [-0.39, 0.29) is 22.3 Å². The SMILES string of the molecule is CC[C@@H](C)Nc1cc(NS(=O)(=O)c2cccc(C#N)c2)nc(SCc2ccccc2)n1. The van der Waals surface area contributed by atoms with Crippen LogP contribution in [0.25, 0.3) is 0 Å². The van der Waals surface area contributed by atoms with E-state index in [2.05, 4.69) is 26.9 Å². The predicted molar refractivity (Wildman–Crippen MR) is 123 cm³/mol. The molecule has 7 nitrogen and oxygen atoms in total. The average molecular weight is 454 g/mol. The molecule has 1 atom stereocenters. The van der Waals surface area contributed by atoms with Gasteiger partial charge in [-0.25, -0.2) is 18.4 Å². The van der Waals surface area contributed by atoms with Gasteiger partial charge in [-0.1, -0.05) is 55.1 Å². The third-order valence-corrected chi connectivity index (χ3v) is 6.71. The summed E-state index contributed by atoms with van der Waals surface area (Å²) in [5, 5.41) is 12.8. The van der Waals surface area contributed by atoms with Crippen molar-refractivity contribution in [2.24, 2.45) is 0 Å². The Morgan fingerprint density at radius 1 is 1.06 bits per heavy atom. The van der Waals surface area contributed by atoms with Crippen LogP contribution in [0.3, 0.4) is 0 Å². The number of benzene rings is 2. The zero-order valence-electron chi connectivity index (χ0n) is 17.2. The van der Waals surface area contributed by atoms with Crippen LogP contribution in [0.1, 0.15) is 31.4 Å². The van der Waals surface area contributed by atoms with Gasteiger partial charge in [0.05, 0.1) is 16.5 Å². The summed E-state index contributed by atoms with van der Waals surface area (Å²) in [7, 11) is -3.91. The number of thioether (sulfide) groups is 1. The molecule has 3 aromatic rings. The maximum atomic E-state index is 12.8. The summed E-state index contributed by atoms with van der Waals surface area (Å²) in [5.41, 5.74) is 1.38. The normalized spacial score (nSPS) is 12.0. The van der Waals surface area contributed by atoms with Crippen LogP contribution in [0.15, 0.2) is 70.7 Å². The third-order valence-electron chi connectivity index (χ3n) is 4.44. The lowest BCUT2D eigenvalue weighted by Crippen LogP contribution is -2.17. The lowest BCUT2D eigenvalue weighted by Gasteiger charge is -2.15. The number of anilines is 2. The van der Waals surface area contributed by atoms with E-state index >= 15 is 0 Å². The molecule has 0 bridgehead atoms. The first kappa shape index (κ1) is 22.6. The molecule has 0 fully saturated rings. The van der Waals surface area contributed by atoms with E-state index in [1.807, 2.05) is 43.3 Å². The van der Waals surface area contributed by atoms with Crippen molar-refractivity contribution in [3.63, 3.8) is 0 Å². The largest absolute Gasteiger partial charge is 0.367 e. The Balaban J connectivity index is 1.88. The Morgan fingerprint density at radius 3 is 2.52 bits per heavy atom. The second-order valence-corrected chi connectivity index (χ2v) is 9.52. The minimum absolute atomic E-state index is 0.0000799. The van der Waals surface area contributed by atoms with Gasteiger partial charge < -0.3 is 5.32 Å². The van der Waals surface area contributed by atoms with Crippen molar-refractivity contribution < 1.29 is 8.42 Å². The molecule has 0 amide bonds. The van der Waals surface area contributed by atoms with Crippen molar-refractivity contribution in [3.05, 3.63) is 71.8 Å². The topological polar surface area (TPSA) is 108 Å². The second-order valence-electron chi connectivity index (χ2n) is 6.89. The van der Waals surface area contributed by atoms with E-state index in [0.29, 0.717) is 16.7 Å². The molecule has 2 aromatic carbocycles. The summed E-state index contributed by atoms with van der Waals surface area (Å²) in [6.07, 6.45) is 0.887. The van der Waals surface area contributed by atoms with Gasteiger partial charge in [-0.3, -0.25) is 4.72 Å². The van der Waals surface area contributed by atoms with Crippen LogP contribution in [-0.4, -0.2) is 24.4 Å². The molecule has 1 heterocycles. The van der Waals surface area contributed by atoms with Gasteiger partial charge in [-0.05, 0) is 37.1 Å².